The summed E-state index contributed by atoms with van der Waals surface area (Å²) in [5.74, 6) is 0. The minimum absolute atomic E-state index is 0.257. The number of halogens is 1. The molecular formula is C31H28ClN3O. The molecule has 0 aliphatic heterocycles. The van der Waals surface area contributed by atoms with Gasteiger partial charge >= 0.3 is 0 Å². The highest BCUT2D eigenvalue weighted by Gasteiger charge is 2.28. The summed E-state index contributed by atoms with van der Waals surface area (Å²) in [6.45, 7) is 1.06. The summed E-state index contributed by atoms with van der Waals surface area (Å²) in [6, 6.07) is 35.4. The molecule has 0 bridgehead atoms. The maximum atomic E-state index is 12.9. The first-order chi connectivity index (χ1) is 17.6. The Bertz CT molecular complexity index is 1430. The minimum Gasteiger partial charge on any atom is -0.323 e. The van der Waals surface area contributed by atoms with E-state index in [1.807, 2.05) is 91.1 Å². The molecule has 2 heterocycles. The smallest absolute Gasteiger partial charge is 0.143 e. The highest BCUT2D eigenvalue weighted by Crippen LogP contribution is 2.35. The van der Waals surface area contributed by atoms with Crippen LogP contribution in [0.5, 0.6) is 0 Å². The number of carbonyl (C=O) groups excluding carboxylic acids is 1. The van der Waals surface area contributed by atoms with Gasteiger partial charge in [0.2, 0.25) is 0 Å². The van der Waals surface area contributed by atoms with Crippen LogP contribution >= 0.6 is 11.6 Å². The Labute approximate surface area is 216 Å². The molecule has 0 aliphatic rings. The van der Waals surface area contributed by atoms with E-state index < -0.39 is 6.04 Å². The van der Waals surface area contributed by atoms with Gasteiger partial charge in [0.1, 0.15) is 12.3 Å². The predicted molar refractivity (Wildman–Crippen MR) is 147 cm³/mol. The molecule has 5 rings (SSSR count). The van der Waals surface area contributed by atoms with Gasteiger partial charge in [-0.05, 0) is 47.0 Å². The molecule has 2 unspecified atom stereocenters. The molecule has 0 spiro atoms. The maximum Gasteiger partial charge on any atom is 0.143 e. The molecule has 2 aromatic heterocycles. The van der Waals surface area contributed by atoms with E-state index in [9.17, 15) is 4.79 Å². The summed E-state index contributed by atoms with van der Waals surface area (Å²) in [6.07, 6.45) is 3.06. The third-order valence-corrected chi connectivity index (χ3v) is 6.82. The summed E-state index contributed by atoms with van der Waals surface area (Å²) < 4.78 is 2.12. The fraction of sp³-hybridized carbons (Fsp3) is 0.129. The van der Waals surface area contributed by atoms with Crippen LogP contribution in [-0.2, 0) is 11.3 Å². The fourth-order valence-electron chi connectivity index (χ4n) is 4.78. The Hall–Kier alpha value is -3.70. The van der Waals surface area contributed by atoms with E-state index in [4.69, 9.17) is 17.3 Å². The van der Waals surface area contributed by atoms with Gasteiger partial charge in [0, 0.05) is 41.4 Å². The van der Waals surface area contributed by atoms with Crippen LogP contribution < -0.4 is 5.73 Å². The lowest BCUT2D eigenvalue weighted by Crippen LogP contribution is -2.36. The molecule has 0 fully saturated rings. The molecule has 180 valence electrons. The van der Waals surface area contributed by atoms with Crippen molar-refractivity contribution >= 4 is 23.4 Å². The first-order valence-corrected chi connectivity index (χ1v) is 12.4. The van der Waals surface area contributed by atoms with Crippen molar-refractivity contribution < 1.29 is 4.79 Å². The maximum absolute atomic E-state index is 12.9. The first-order valence-electron chi connectivity index (χ1n) is 12.0. The summed E-state index contributed by atoms with van der Waals surface area (Å²) in [5, 5.41) is 0.683. The van der Waals surface area contributed by atoms with E-state index in [-0.39, 0.29) is 6.04 Å². The van der Waals surface area contributed by atoms with E-state index in [0.717, 1.165) is 39.8 Å². The summed E-state index contributed by atoms with van der Waals surface area (Å²) in [4.78, 5) is 15.1. The zero-order valence-corrected chi connectivity index (χ0v) is 20.6. The van der Waals surface area contributed by atoms with Crippen LogP contribution in [0.15, 0.2) is 115 Å². The number of nitrogens with zero attached hydrogens (tertiary/aromatic N) is 2. The summed E-state index contributed by atoms with van der Waals surface area (Å²) >= 11 is 6.14. The fourth-order valence-corrected chi connectivity index (χ4v) is 4.90. The number of pyridine rings is 1. The van der Waals surface area contributed by atoms with Crippen LogP contribution in [0.1, 0.15) is 28.9 Å². The molecule has 0 amide bonds. The van der Waals surface area contributed by atoms with Crippen LogP contribution in [0.2, 0.25) is 5.02 Å². The largest absolute Gasteiger partial charge is 0.323 e. The molecule has 0 aliphatic carbocycles. The Balaban J connectivity index is 1.61. The SMILES string of the molecule is NC(CN(Cc1ccc(Cl)cc1)C(C=O)c1c(-c2ccccc2)cc2ccccn12)c1ccccc1. The number of aldehydes is 1. The van der Waals surface area contributed by atoms with Gasteiger partial charge in [-0.2, -0.15) is 0 Å². The summed E-state index contributed by atoms with van der Waals surface area (Å²) in [5.41, 5.74) is 12.9. The van der Waals surface area contributed by atoms with E-state index in [1.54, 1.807) is 0 Å². The average molecular weight is 494 g/mol. The van der Waals surface area contributed by atoms with Crippen molar-refractivity contribution in [1.29, 1.82) is 0 Å². The van der Waals surface area contributed by atoms with Crippen molar-refractivity contribution in [2.45, 2.75) is 18.6 Å². The van der Waals surface area contributed by atoms with E-state index in [2.05, 4.69) is 33.6 Å². The van der Waals surface area contributed by atoms with Gasteiger partial charge in [-0.15, -0.1) is 0 Å². The second-order valence-corrected chi connectivity index (χ2v) is 9.40. The minimum atomic E-state index is -0.518. The van der Waals surface area contributed by atoms with E-state index in [0.29, 0.717) is 18.1 Å². The highest BCUT2D eigenvalue weighted by molar-refractivity contribution is 6.30. The lowest BCUT2D eigenvalue weighted by molar-refractivity contribution is -0.113. The topological polar surface area (TPSA) is 50.7 Å². The normalized spacial score (nSPS) is 13.1. The first kappa shape index (κ1) is 24.0. The number of nitrogens with two attached hydrogens (primary N) is 1. The molecule has 0 radical (unpaired) electrons. The standard InChI is InChI=1S/C31H28ClN3O/c32-26-16-14-23(15-17-26)20-34(21-29(33)25-11-5-2-6-12-25)30(22-36)31-28(24-9-3-1-4-10-24)19-27-13-7-8-18-35(27)31/h1-19,22,29-30H,20-21,33H2. The number of fused-ring (bicyclic) bond motifs is 1. The molecule has 2 atom stereocenters. The van der Waals surface area contributed by atoms with Gasteiger partial charge < -0.3 is 14.9 Å². The Morgan fingerprint density at radius 2 is 1.53 bits per heavy atom. The van der Waals surface area contributed by atoms with Gasteiger partial charge in [0.05, 0.1) is 5.69 Å². The highest BCUT2D eigenvalue weighted by atomic mass is 35.5. The zero-order chi connectivity index (χ0) is 24.9. The number of aromatic nitrogens is 1. The van der Waals surface area contributed by atoms with E-state index in [1.165, 1.54) is 0 Å². The Morgan fingerprint density at radius 3 is 2.22 bits per heavy atom. The van der Waals surface area contributed by atoms with E-state index >= 15 is 0 Å². The van der Waals surface area contributed by atoms with Gasteiger partial charge in [-0.1, -0.05) is 90.5 Å². The number of rotatable bonds is 9. The third kappa shape index (κ3) is 5.12. The van der Waals surface area contributed by atoms with Gasteiger partial charge in [0.15, 0.2) is 0 Å². The number of benzene rings is 3. The molecule has 5 heteroatoms. The molecule has 0 saturated carbocycles. The van der Waals surface area contributed by atoms with Crippen molar-refractivity contribution in [2.75, 3.05) is 6.54 Å². The van der Waals surface area contributed by atoms with Crippen LogP contribution in [0.4, 0.5) is 0 Å². The Kier molecular flexibility index (Phi) is 7.28. The number of hydrogen-bond donors (Lipinski definition) is 1. The molecule has 5 aromatic rings. The van der Waals surface area contributed by atoms with Gasteiger partial charge in [0.25, 0.3) is 0 Å². The second kappa shape index (κ2) is 10.9. The number of carbonyl (C=O) groups is 1. The van der Waals surface area contributed by atoms with Crippen molar-refractivity contribution in [3.05, 3.63) is 137 Å². The van der Waals surface area contributed by atoms with Gasteiger partial charge in [-0.25, -0.2) is 0 Å². The third-order valence-electron chi connectivity index (χ3n) is 6.56. The molecule has 2 N–H and O–H groups in total. The monoisotopic (exact) mass is 493 g/mol. The van der Waals surface area contributed by atoms with Crippen molar-refractivity contribution in [3.63, 3.8) is 0 Å². The lowest BCUT2D eigenvalue weighted by atomic mass is 9.99. The lowest BCUT2D eigenvalue weighted by Gasteiger charge is -2.31. The van der Waals surface area contributed by atoms with Crippen molar-refractivity contribution in [3.8, 4) is 11.1 Å². The second-order valence-electron chi connectivity index (χ2n) is 8.96. The van der Waals surface area contributed by atoms with Crippen LogP contribution in [0.3, 0.4) is 0 Å². The van der Waals surface area contributed by atoms with Gasteiger partial charge in [-0.3, -0.25) is 4.90 Å². The summed E-state index contributed by atoms with van der Waals surface area (Å²) in [7, 11) is 0. The Morgan fingerprint density at radius 1 is 0.861 bits per heavy atom. The van der Waals surface area contributed by atoms with Crippen LogP contribution in [0.25, 0.3) is 16.6 Å². The molecular weight excluding hydrogens is 466 g/mol. The van der Waals surface area contributed by atoms with Crippen molar-refractivity contribution in [1.82, 2.24) is 9.30 Å². The van der Waals surface area contributed by atoms with Crippen LogP contribution in [0, 0.1) is 0 Å². The average Bonchev–Trinajstić information content (AvgIpc) is 3.31. The van der Waals surface area contributed by atoms with Crippen molar-refractivity contribution in [2.24, 2.45) is 5.73 Å². The molecule has 0 saturated heterocycles. The van der Waals surface area contributed by atoms with Crippen LogP contribution in [-0.4, -0.2) is 22.1 Å². The number of hydrogen-bond acceptors (Lipinski definition) is 3. The molecule has 4 nitrogen and oxygen atoms in total. The molecule has 36 heavy (non-hydrogen) atoms. The predicted octanol–water partition coefficient (Wildman–Crippen LogP) is 6.70. The zero-order valence-electron chi connectivity index (χ0n) is 19.9. The molecule has 3 aromatic carbocycles. The quantitative estimate of drug-likeness (QED) is 0.232.